The summed E-state index contributed by atoms with van der Waals surface area (Å²) in [4.78, 5) is 13.1. The Morgan fingerprint density at radius 2 is 1.90 bits per heavy atom. The van der Waals surface area contributed by atoms with E-state index < -0.39 is 34.7 Å². The Hall–Kier alpha value is -0.440. The smallest absolute Gasteiger partial charge is 0.159 e. The summed E-state index contributed by atoms with van der Waals surface area (Å²) >= 11 is 1.52. The molecule has 3 unspecified atom stereocenters. The van der Waals surface area contributed by atoms with Gasteiger partial charge in [-0.05, 0) is 67.4 Å². The van der Waals surface area contributed by atoms with Crippen LogP contribution in [0.5, 0.6) is 0 Å². The fourth-order valence-electron chi connectivity index (χ4n) is 7.41. The minimum absolute atomic E-state index is 0.0000757. The van der Waals surface area contributed by atoms with Crippen LogP contribution in [0.1, 0.15) is 52.4 Å². The lowest BCUT2D eigenvalue weighted by atomic mass is 9.46. The number of carbonyl (C=O) groups is 1. The number of hydrogen-bond donors (Lipinski definition) is 5. The minimum atomic E-state index is -1.13. The molecule has 0 aliphatic heterocycles. The molecule has 0 amide bonds. The maximum Gasteiger partial charge on any atom is 0.159 e. The van der Waals surface area contributed by atoms with Gasteiger partial charge in [-0.3, -0.25) is 4.79 Å². The van der Waals surface area contributed by atoms with Gasteiger partial charge in [0.15, 0.2) is 5.78 Å². The van der Waals surface area contributed by atoms with E-state index in [0.29, 0.717) is 30.8 Å². The van der Waals surface area contributed by atoms with Gasteiger partial charge in [-0.25, -0.2) is 0 Å². The highest BCUT2D eigenvalue weighted by molar-refractivity contribution is 7.99. The van der Waals surface area contributed by atoms with Gasteiger partial charge >= 0.3 is 0 Å². The summed E-state index contributed by atoms with van der Waals surface area (Å²) in [5.41, 5.74) is -1.32. The molecule has 30 heavy (non-hydrogen) atoms. The highest BCUT2D eigenvalue weighted by Crippen LogP contribution is 2.67. The van der Waals surface area contributed by atoms with Crippen molar-refractivity contribution in [2.24, 2.45) is 28.6 Å². The minimum Gasteiger partial charge on any atom is -0.396 e. The molecule has 0 saturated heterocycles. The van der Waals surface area contributed by atoms with Crippen LogP contribution >= 0.6 is 11.8 Å². The summed E-state index contributed by atoms with van der Waals surface area (Å²) in [7, 11) is 0. The lowest BCUT2D eigenvalue weighted by Gasteiger charge is -2.60. The molecule has 7 heteroatoms. The standard InChI is InChI=1S/C23H36O6S/c1-21-11-19(27)18(26)10-16(21)17(25)9-15-13(21)3-5-22(2)14(4-6-23(15,22)29)20(28)12-30-8-7-24/h9,13-14,16,18-20,24,26-29H,3-8,10-12H2,1-2H3/t13?,14?,16-,18+,19-,20?,21+,22+,23+/m0/s1. The average molecular weight is 441 g/mol. The summed E-state index contributed by atoms with van der Waals surface area (Å²) in [5, 5.41) is 52.4. The van der Waals surface area contributed by atoms with Crippen molar-refractivity contribution in [3.05, 3.63) is 11.6 Å². The van der Waals surface area contributed by atoms with Crippen molar-refractivity contribution in [3.63, 3.8) is 0 Å². The van der Waals surface area contributed by atoms with E-state index in [1.54, 1.807) is 6.08 Å². The molecule has 0 heterocycles. The summed E-state index contributed by atoms with van der Waals surface area (Å²) in [6.07, 6.45) is 2.79. The Kier molecular flexibility index (Phi) is 5.95. The molecule has 0 aromatic rings. The van der Waals surface area contributed by atoms with E-state index in [4.69, 9.17) is 5.11 Å². The normalized spacial score (nSPS) is 49.1. The van der Waals surface area contributed by atoms with Gasteiger partial charge < -0.3 is 25.5 Å². The fraction of sp³-hybridized carbons (Fsp3) is 0.870. The Labute approximate surface area is 182 Å². The first-order valence-corrected chi connectivity index (χ1v) is 12.4. The zero-order chi connectivity index (χ0) is 21.9. The molecule has 6 nitrogen and oxygen atoms in total. The van der Waals surface area contributed by atoms with E-state index in [1.807, 2.05) is 6.92 Å². The summed E-state index contributed by atoms with van der Waals surface area (Å²) < 4.78 is 0. The zero-order valence-corrected chi connectivity index (χ0v) is 18.8. The molecule has 4 aliphatic rings. The van der Waals surface area contributed by atoms with Gasteiger partial charge in [0.2, 0.25) is 0 Å². The first kappa shape index (κ1) is 22.7. The average Bonchev–Trinajstić information content (AvgIpc) is 2.96. The molecule has 9 atom stereocenters. The summed E-state index contributed by atoms with van der Waals surface area (Å²) in [6, 6.07) is 0. The lowest BCUT2D eigenvalue weighted by Crippen LogP contribution is -2.61. The van der Waals surface area contributed by atoms with Crippen molar-refractivity contribution in [1.29, 1.82) is 0 Å². The van der Waals surface area contributed by atoms with Crippen molar-refractivity contribution in [3.8, 4) is 0 Å². The highest BCUT2D eigenvalue weighted by Gasteiger charge is 2.67. The number of allylic oxidation sites excluding steroid dienone is 1. The second-order valence-corrected chi connectivity index (χ2v) is 11.7. The van der Waals surface area contributed by atoms with Crippen LogP contribution in [0, 0.1) is 28.6 Å². The van der Waals surface area contributed by atoms with Gasteiger partial charge in [0.1, 0.15) is 0 Å². The van der Waals surface area contributed by atoms with E-state index in [2.05, 4.69) is 6.92 Å². The van der Waals surface area contributed by atoms with Gasteiger partial charge in [0.25, 0.3) is 0 Å². The van der Waals surface area contributed by atoms with Crippen molar-refractivity contribution in [1.82, 2.24) is 0 Å². The maximum atomic E-state index is 13.1. The quantitative estimate of drug-likeness (QED) is 0.409. The number of thioether (sulfide) groups is 1. The van der Waals surface area contributed by atoms with Crippen molar-refractivity contribution < 1.29 is 30.3 Å². The van der Waals surface area contributed by atoms with Gasteiger partial charge in [-0.1, -0.05) is 13.8 Å². The van der Waals surface area contributed by atoms with E-state index in [9.17, 15) is 25.2 Å². The number of rotatable bonds is 5. The molecule has 0 aromatic carbocycles. The predicted molar refractivity (Wildman–Crippen MR) is 115 cm³/mol. The monoisotopic (exact) mass is 440 g/mol. The molecule has 0 aromatic heterocycles. The number of fused-ring (bicyclic) bond motifs is 5. The molecule has 0 radical (unpaired) electrons. The molecule has 3 fully saturated rings. The van der Waals surface area contributed by atoms with Crippen LogP contribution in [0.25, 0.3) is 0 Å². The van der Waals surface area contributed by atoms with Crippen LogP contribution in [0.3, 0.4) is 0 Å². The Morgan fingerprint density at radius 1 is 1.17 bits per heavy atom. The highest BCUT2D eigenvalue weighted by atomic mass is 32.2. The Bertz CT molecular complexity index is 726. The van der Waals surface area contributed by atoms with Crippen LogP contribution in [0.2, 0.25) is 0 Å². The van der Waals surface area contributed by atoms with Crippen LogP contribution < -0.4 is 0 Å². The van der Waals surface area contributed by atoms with Crippen molar-refractivity contribution >= 4 is 17.5 Å². The topological polar surface area (TPSA) is 118 Å². The van der Waals surface area contributed by atoms with Crippen molar-refractivity contribution in [2.45, 2.75) is 76.3 Å². The second kappa shape index (κ2) is 7.85. The lowest BCUT2D eigenvalue weighted by molar-refractivity contribution is -0.154. The first-order chi connectivity index (χ1) is 14.1. The number of ketones is 1. The van der Waals surface area contributed by atoms with E-state index in [1.165, 1.54) is 11.8 Å². The van der Waals surface area contributed by atoms with Crippen molar-refractivity contribution in [2.75, 3.05) is 18.1 Å². The van der Waals surface area contributed by atoms with Crippen LogP contribution in [-0.2, 0) is 4.79 Å². The Balaban J connectivity index is 1.65. The second-order valence-electron chi connectivity index (χ2n) is 10.5. The van der Waals surface area contributed by atoms with Crippen LogP contribution in [0.4, 0.5) is 0 Å². The molecule has 4 rings (SSSR count). The number of aliphatic hydroxyl groups excluding tert-OH is 4. The van der Waals surface area contributed by atoms with Gasteiger partial charge in [0.05, 0.1) is 30.5 Å². The third-order valence-corrected chi connectivity index (χ3v) is 10.2. The zero-order valence-electron chi connectivity index (χ0n) is 18.0. The number of hydrogen-bond acceptors (Lipinski definition) is 7. The molecular weight excluding hydrogens is 404 g/mol. The molecule has 4 aliphatic carbocycles. The first-order valence-electron chi connectivity index (χ1n) is 11.3. The third kappa shape index (κ3) is 3.15. The van der Waals surface area contributed by atoms with E-state index >= 15 is 0 Å². The van der Waals surface area contributed by atoms with Crippen LogP contribution in [0.15, 0.2) is 11.6 Å². The third-order valence-electron chi connectivity index (χ3n) is 9.18. The molecule has 3 saturated carbocycles. The van der Waals surface area contributed by atoms with E-state index in [-0.39, 0.29) is 36.6 Å². The van der Waals surface area contributed by atoms with Gasteiger partial charge in [-0.15, -0.1) is 0 Å². The summed E-state index contributed by atoms with van der Waals surface area (Å²) in [6.45, 7) is 4.18. The maximum absolute atomic E-state index is 13.1. The molecule has 0 bridgehead atoms. The molecular formula is C23H36O6S. The predicted octanol–water partition coefficient (Wildman–Crippen LogP) is 1.28. The van der Waals surface area contributed by atoms with E-state index in [0.717, 1.165) is 18.4 Å². The largest absolute Gasteiger partial charge is 0.396 e. The summed E-state index contributed by atoms with van der Waals surface area (Å²) in [5.74, 6) is 0.683. The SMILES string of the molecule is C[C@]12C[C@H](O)[C@H](O)C[C@H]1C(=O)C=C1C2CC[C@]2(C)C(C(O)CSCCO)CC[C@@]12O. The molecule has 5 N–H and O–H groups in total. The number of carbonyl (C=O) groups excluding carboxylic acids is 1. The Morgan fingerprint density at radius 3 is 2.60 bits per heavy atom. The van der Waals surface area contributed by atoms with Gasteiger partial charge in [-0.2, -0.15) is 11.8 Å². The molecule has 0 spiro atoms. The molecule has 170 valence electrons. The fourth-order valence-corrected chi connectivity index (χ4v) is 8.18. The van der Waals surface area contributed by atoms with Gasteiger partial charge in [0, 0.05) is 22.8 Å². The van der Waals surface area contributed by atoms with Crippen LogP contribution in [-0.4, -0.2) is 73.3 Å². The number of aliphatic hydroxyl groups is 5.